The summed E-state index contributed by atoms with van der Waals surface area (Å²) in [5.74, 6) is 0.464. The van der Waals surface area contributed by atoms with E-state index in [0.29, 0.717) is 25.2 Å². The summed E-state index contributed by atoms with van der Waals surface area (Å²) in [4.78, 5) is 11.2. The second-order valence-electron chi connectivity index (χ2n) is 4.94. The fraction of sp³-hybridized carbons (Fsp3) is 0.385. The lowest BCUT2D eigenvalue weighted by molar-refractivity contribution is -0.144. The van der Waals surface area contributed by atoms with Crippen LogP contribution in [-0.4, -0.2) is 31.3 Å². The van der Waals surface area contributed by atoms with Gasteiger partial charge in [0.2, 0.25) is 0 Å². The second-order valence-corrected chi connectivity index (χ2v) is 4.94. The SMILES string of the molecule is O=C(O)C1(Cn2nnnc2COc2ccccc2)CC1. The summed E-state index contributed by atoms with van der Waals surface area (Å²) in [7, 11) is 0. The molecule has 0 spiro atoms. The van der Waals surface area contributed by atoms with Gasteiger partial charge in [-0.3, -0.25) is 4.79 Å². The number of carbonyl (C=O) groups is 1. The van der Waals surface area contributed by atoms with Crippen molar-refractivity contribution in [3.05, 3.63) is 36.2 Å². The molecular formula is C13H14N4O3. The number of tetrazole rings is 1. The minimum absolute atomic E-state index is 0.215. The highest BCUT2D eigenvalue weighted by molar-refractivity contribution is 5.77. The van der Waals surface area contributed by atoms with Crippen LogP contribution in [-0.2, 0) is 17.9 Å². The third-order valence-electron chi connectivity index (χ3n) is 3.48. The number of carboxylic acid groups (broad SMARTS) is 1. The minimum Gasteiger partial charge on any atom is -0.486 e. The molecule has 7 heteroatoms. The van der Waals surface area contributed by atoms with Crippen LogP contribution < -0.4 is 4.74 Å². The molecule has 0 aliphatic heterocycles. The molecule has 0 saturated heterocycles. The van der Waals surface area contributed by atoms with Crippen LogP contribution in [0.1, 0.15) is 18.7 Å². The zero-order valence-corrected chi connectivity index (χ0v) is 10.8. The first kappa shape index (κ1) is 12.6. The lowest BCUT2D eigenvalue weighted by Crippen LogP contribution is -2.23. The topological polar surface area (TPSA) is 90.1 Å². The highest BCUT2D eigenvalue weighted by Gasteiger charge is 2.51. The molecule has 1 aliphatic carbocycles. The molecule has 1 saturated carbocycles. The van der Waals surface area contributed by atoms with E-state index in [0.717, 1.165) is 5.75 Å². The molecule has 1 aromatic heterocycles. The number of nitrogens with zero attached hydrogens (tertiary/aromatic N) is 4. The van der Waals surface area contributed by atoms with Crippen molar-refractivity contribution < 1.29 is 14.6 Å². The molecule has 3 rings (SSSR count). The standard InChI is InChI=1S/C13H14N4O3/c18-12(19)13(6-7-13)9-17-11(14-15-16-17)8-20-10-4-2-1-3-5-10/h1-5H,6-9H2,(H,18,19). The maximum absolute atomic E-state index is 11.2. The summed E-state index contributed by atoms with van der Waals surface area (Å²) in [6.45, 7) is 0.509. The van der Waals surface area contributed by atoms with Gasteiger partial charge in [0, 0.05) is 0 Å². The van der Waals surface area contributed by atoms with E-state index in [9.17, 15) is 9.90 Å². The van der Waals surface area contributed by atoms with Crippen LogP contribution >= 0.6 is 0 Å². The Kier molecular flexibility index (Phi) is 3.09. The lowest BCUT2D eigenvalue weighted by Gasteiger charge is -2.11. The Balaban J connectivity index is 1.67. The fourth-order valence-corrected chi connectivity index (χ4v) is 1.99. The Hall–Kier alpha value is -2.44. The fourth-order valence-electron chi connectivity index (χ4n) is 1.99. The van der Waals surface area contributed by atoms with Gasteiger partial charge >= 0.3 is 5.97 Å². The van der Waals surface area contributed by atoms with Crippen LogP contribution in [0, 0.1) is 5.41 Å². The number of aromatic nitrogens is 4. The normalized spacial score (nSPS) is 15.8. The average Bonchev–Trinajstić information content (AvgIpc) is 3.11. The molecule has 1 fully saturated rings. The zero-order chi connectivity index (χ0) is 14.0. The number of hydrogen-bond donors (Lipinski definition) is 1. The third kappa shape index (κ3) is 2.47. The number of carboxylic acids is 1. The smallest absolute Gasteiger partial charge is 0.311 e. The van der Waals surface area contributed by atoms with E-state index in [4.69, 9.17) is 4.74 Å². The number of benzene rings is 1. The van der Waals surface area contributed by atoms with Crippen LogP contribution in [0.3, 0.4) is 0 Å². The number of ether oxygens (including phenoxy) is 1. The average molecular weight is 274 g/mol. The van der Waals surface area contributed by atoms with Crippen molar-refractivity contribution in [2.24, 2.45) is 5.41 Å². The molecular weight excluding hydrogens is 260 g/mol. The minimum atomic E-state index is -0.789. The summed E-state index contributed by atoms with van der Waals surface area (Å²) in [6, 6.07) is 9.34. The molecule has 104 valence electrons. The van der Waals surface area contributed by atoms with Gasteiger partial charge in [-0.25, -0.2) is 4.68 Å². The van der Waals surface area contributed by atoms with Gasteiger partial charge in [0.1, 0.15) is 12.4 Å². The molecule has 0 radical (unpaired) electrons. The van der Waals surface area contributed by atoms with Gasteiger partial charge in [-0.15, -0.1) is 5.10 Å². The number of hydrogen-bond acceptors (Lipinski definition) is 5. The Morgan fingerprint density at radius 1 is 1.35 bits per heavy atom. The van der Waals surface area contributed by atoms with Gasteiger partial charge in [0.15, 0.2) is 5.82 Å². The highest BCUT2D eigenvalue weighted by Crippen LogP contribution is 2.47. The maximum Gasteiger partial charge on any atom is 0.311 e. The van der Waals surface area contributed by atoms with Crippen LogP contribution in [0.25, 0.3) is 0 Å². The van der Waals surface area contributed by atoms with Crippen molar-refractivity contribution in [2.45, 2.75) is 26.0 Å². The molecule has 20 heavy (non-hydrogen) atoms. The van der Waals surface area contributed by atoms with Crippen molar-refractivity contribution >= 4 is 5.97 Å². The third-order valence-corrected chi connectivity index (χ3v) is 3.48. The van der Waals surface area contributed by atoms with E-state index in [1.807, 2.05) is 30.3 Å². The van der Waals surface area contributed by atoms with Crippen LogP contribution in [0.4, 0.5) is 0 Å². The van der Waals surface area contributed by atoms with Crippen molar-refractivity contribution in [2.75, 3.05) is 0 Å². The monoisotopic (exact) mass is 274 g/mol. The molecule has 1 aliphatic rings. The molecule has 2 aromatic rings. The first-order chi connectivity index (χ1) is 9.70. The molecule has 1 heterocycles. The highest BCUT2D eigenvalue weighted by atomic mass is 16.5. The van der Waals surface area contributed by atoms with E-state index in [2.05, 4.69) is 15.5 Å². The van der Waals surface area contributed by atoms with Crippen LogP contribution in [0.5, 0.6) is 5.75 Å². The van der Waals surface area contributed by atoms with Gasteiger partial charge < -0.3 is 9.84 Å². The number of aliphatic carboxylic acids is 1. The maximum atomic E-state index is 11.2. The Morgan fingerprint density at radius 3 is 2.75 bits per heavy atom. The van der Waals surface area contributed by atoms with E-state index in [-0.39, 0.29) is 6.61 Å². The van der Waals surface area contributed by atoms with Crippen molar-refractivity contribution in [3.63, 3.8) is 0 Å². The molecule has 1 N–H and O–H groups in total. The van der Waals surface area contributed by atoms with Gasteiger partial charge in [-0.1, -0.05) is 18.2 Å². The lowest BCUT2D eigenvalue weighted by atomic mass is 10.1. The van der Waals surface area contributed by atoms with Crippen molar-refractivity contribution in [3.8, 4) is 5.75 Å². The molecule has 7 nitrogen and oxygen atoms in total. The molecule has 0 amide bonds. The molecule has 0 bridgehead atoms. The van der Waals surface area contributed by atoms with E-state index < -0.39 is 11.4 Å². The first-order valence-corrected chi connectivity index (χ1v) is 6.36. The predicted octanol–water partition coefficient (Wildman–Crippen LogP) is 1.12. The van der Waals surface area contributed by atoms with Gasteiger partial charge in [0.05, 0.1) is 12.0 Å². The molecule has 1 aromatic carbocycles. The summed E-state index contributed by atoms with van der Waals surface area (Å²) in [5.41, 5.74) is -0.698. The quantitative estimate of drug-likeness (QED) is 0.848. The predicted molar refractivity (Wildman–Crippen MR) is 67.9 cm³/mol. The number of rotatable bonds is 6. The Bertz CT molecular complexity index is 607. The zero-order valence-electron chi connectivity index (χ0n) is 10.8. The number of para-hydroxylation sites is 1. The summed E-state index contributed by atoms with van der Waals surface area (Å²) < 4.78 is 7.09. The first-order valence-electron chi connectivity index (χ1n) is 6.36. The van der Waals surface area contributed by atoms with E-state index in [1.165, 1.54) is 4.68 Å². The Morgan fingerprint density at radius 2 is 2.10 bits per heavy atom. The summed E-state index contributed by atoms with van der Waals surface area (Å²) in [5, 5.41) is 20.5. The van der Waals surface area contributed by atoms with Crippen molar-refractivity contribution in [1.82, 2.24) is 20.2 Å². The van der Waals surface area contributed by atoms with Gasteiger partial charge in [-0.2, -0.15) is 0 Å². The second kappa shape index (κ2) is 4.92. The van der Waals surface area contributed by atoms with Gasteiger partial charge in [-0.05, 0) is 35.4 Å². The largest absolute Gasteiger partial charge is 0.486 e. The summed E-state index contributed by atoms with van der Waals surface area (Å²) >= 11 is 0. The van der Waals surface area contributed by atoms with E-state index in [1.54, 1.807) is 0 Å². The van der Waals surface area contributed by atoms with Crippen molar-refractivity contribution in [1.29, 1.82) is 0 Å². The summed E-state index contributed by atoms with van der Waals surface area (Å²) in [6.07, 6.45) is 1.34. The van der Waals surface area contributed by atoms with Gasteiger partial charge in [0.25, 0.3) is 0 Å². The van der Waals surface area contributed by atoms with Crippen LogP contribution in [0.2, 0.25) is 0 Å². The Labute approximate surface area is 115 Å². The van der Waals surface area contributed by atoms with Crippen LogP contribution in [0.15, 0.2) is 30.3 Å². The molecule has 0 unspecified atom stereocenters. The molecule has 0 atom stereocenters. The van der Waals surface area contributed by atoms with E-state index >= 15 is 0 Å².